The van der Waals surface area contributed by atoms with Gasteiger partial charge in [-0.3, -0.25) is 19.4 Å². The summed E-state index contributed by atoms with van der Waals surface area (Å²) in [7, 11) is 1.87. The molecule has 3 heterocycles. The first-order chi connectivity index (χ1) is 12.7. The lowest BCUT2D eigenvalue weighted by molar-refractivity contribution is -0.128. The second-order valence-electron chi connectivity index (χ2n) is 6.78. The first kappa shape index (κ1) is 18.3. The quantitative estimate of drug-likeness (QED) is 0.748. The molecule has 1 fully saturated rings. The van der Waals surface area contributed by atoms with Crippen LogP contribution in [0.15, 0.2) is 43.0 Å². The van der Waals surface area contributed by atoms with Crippen molar-refractivity contribution >= 4 is 12.0 Å². The van der Waals surface area contributed by atoms with E-state index in [4.69, 9.17) is 0 Å². The molecule has 6 nitrogen and oxygen atoms in total. The number of amides is 1. The van der Waals surface area contributed by atoms with Crippen molar-refractivity contribution in [2.75, 3.05) is 19.6 Å². The highest BCUT2D eigenvalue weighted by molar-refractivity contribution is 5.91. The number of likely N-dealkylation sites (tertiary alicyclic amines) is 1. The number of aryl methyl sites for hydroxylation is 1. The van der Waals surface area contributed by atoms with Crippen molar-refractivity contribution in [2.45, 2.75) is 32.4 Å². The van der Waals surface area contributed by atoms with Gasteiger partial charge in [0, 0.05) is 63.0 Å². The van der Waals surface area contributed by atoms with Crippen LogP contribution in [0, 0.1) is 0 Å². The Labute approximate surface area is 155 Å². The minimum absolute atomic E-state index is 0.0820. The SMILES string of the molecule is CCN(Cc1ccncc1)C1CCCN(C(=O)C=Cc2cnn(C)c2)C1. The van der Waals surface area contributed by atoms with E-state index >= 15 is 0 Å². The largest absolute Gasteiger partial charge is 0.338 e. The van der Waals surface area contributed by atoms with Crippen LogP contribution in [0.5, 0.6) is 0 Å². The number of rotatable bonds is 6. The predicted octanol–water partition coefficient (Wildman–Crippen LogP) is 2.34. The standard InChI is InChI=1S/C20H27N5O/c1-3-24(15-17-8-10-21-11-9-17)19-5-4-12-25(16-19)20(26)7-6-18-13-22-23(2)14-18/h6-11,13-14,19H,3-5,12,15-16H2,1-2H3. The van der Waals surface area contributed by atoms with Gasteiger partial charge in [-0.15, -0.1) is 0 Å². The van der Waals surface area contributed by atoms with Crippen LogP contribution in [0.2, 0.25) is 0 Å². The molecule has 0 radical (unpaired) electrons. The Balaban J connectivity index is 1.60. The Morgan fingerprint density at radius 1 is 1.38 bits per heavy atom. The highest BCUT2D eigenvalue weighted by Crippen LogP contribution is 2.18. The van der Waals surface area contributed by atoms with Gasteiger partial charge in [-0.1, -0.05) is 6.92 Å². The summed E-state index contributed by atoms with van der Waals surface area (Å²) in [5, 5.41) is 4.12. The Morgan fingerprint density at radius 2 is 2.19 bits per heavy atom. The van der Waals surface area contributed by atoms with Crippen molar-refractivity contribution in [2.24, 2.45) is 7.05 Å². The van der Waals surface area contributed by atoms with E-state index < -0.39 is 0 Å². The third-order valence-corrected chi connectivity index (χ3v) is 4.91. The third-order valence-electron chi connectivity index (χ3n) is 4.91. The molecule has 1 aliphatic heterocycles. The van der Waals surface area contributed by atoms with Gasteiger partial charge in [0.2, 0.25) is 5.91 Å². The maximum atomic E-state index is 12.6. The maximum Gasteiger partial charge on any atom is 0.246 e. The first-order valence-corrected chi connectivity index (χ1v) is 9.24. The molecule has 1 amide bonds. The highest BCUT2D eigenvalue weighted by Gasteiger charge is 2.26. The van der Waals surface area contributed by atoms with Gasteiger partial charge in [-0.2, -0.15) is 5.10 Å². The Morgan fingerprint density at radius 3 is 2.88 bits per heavy atom. The molecule has 0 N–H and O–H groups in total. The molecule has 2 aromatic rings. The smallest absolute Gasteiger partial charge is 0.246 e. The molecule has 1 atom stereocenters. The number of pyridine rings is 1. The highest BCUT2D eigenvalue weighted by atomic mass is 16.2. The summed E-state index contributed by atoms with van der Waals surface area (Å²) in [6.45, 7) is 5.68. The van der Waals surface area contributed by atoms with Gasteiger partial charge in [0.05, 0.1) is 6.20 Å². The zero-order chi connectivity index (χ0) is 18.4. The van der Waals surface area contributed by atoms with Crippen molar-refractivity contribution in [3.8, 4) is 0 Å². The fraction of sp³-hybridized carbons (Fsp3) is 0.450. The number of aromatic nitrogens is 3. The van der Waals surface area contributed by atoms with Crippen LogP contribution in [0.3, 0.4) is 0 Å². The number of carbonyl (C=O) groups excluding carboxylic acids is 1. The van der Waals surface area contributed by atoms with E-state index in [9.17, 15) is 4.79 Å². The van der Waals surface area contributed by atoms with E-state index in [-0.39, 0.29) is 5.91 Å². The lowest BCUT2D eigenvalue weighted by atomic mass is 10.0. The van der Waals surface area contributed by atoms with Gasteiger partial charge in [-0.25, -0.2) is 0 Å². The Bertz CT molecular complexity index is 740. The summed E-state index contributed by atoms with van der Waals surface area (Å²) in [5.41, 5.74) is 2.21. The van der Waals surface area contributed by atoms with E-state index in [1.54, 1.807) is 17.0 Å². The molecule has 26 heavy (non-hydrogen) atoms. The van der Waals surface area contributed by atoms with Gasteiger partial charge < -0.3 is 4.90 Å². The molecule has 6 heteroatoms. The average molecular weight is 353 g/mol. The number of nitrogens with zero attached hydrogens (tertiary/aromatic N) is 5. The van der Waals surface area contributed by atoms with Gasteiger partial charge in [0.15, 0.2) is 0 Å². The van der Waals surface area contributed by atoms with Gasteiger partial charge in [0.25, 0.3) is 0 Å². The van der Waals surface area contributed by atoms with E-state index in [0.717, 1.165) is 44.6 Å². The van der Waals surface area contributed by atoms with Crippen LogP contribution in [0.25, 0.3) is 6.08 Å². The molecule has 0 bridgehead atoms. The lowest BCUT2D eigenvalue weighted by Gasteiger charge is -2.38. The van der Waals surface area contributed by atoms with Gasteiger partial charge >= 0.3 is 0 Å². The van der Waals surface area contributed by atoms with E-state index in [1.807, 2.05) is 36.6 Å². The summed E-state index contributed by atoms with van der Waals surface area (Å²) in [6, 6.07) is 4.52. The van der Waals surface area contributed by atoms with Crippen LogP contribution in [-0.2, 0) is 18.4 Å². The van der Waals surface area contributed by atoms with Crippen molar-refractivity contribution in [3.63, 3.8) is 0 Å². The molecule has 1 aliphatic rings. The zero-order valence-electron chi connectivity index (χ0n) is 15.6. The van der Waals surface area contributed by atoms with Crippen molar-refractivity contribution in [1.82, 2.24) is 24.6 Å². The van der Waals surface area contributed by atoms with Crippen molar-refractivity contribution in [3.05, 3.63) is 54.1 Å². The van der Waals surface area contributed by atoms with Gasteiger partial charge in [-0.05, 0) is 43.2 Å². The predicted molar refractivity (Wildman–Crippen MR) is 102 cm³/mol. The minimum atomic E-state index is 0.0820. The third kappa shape index (κ3) is 4.79. The van der Waals surface area contributed by atoms with Crippen LogP contribution in [0.4, 0.5) is 0 Å². The summed E-state index contributed by atoms with van der Waals surface area (Å²) < 4.78 is 1.74. The number of likely N-dealkylation sites (N-methyl/N-ethyl adjacent to an activating group) is 1. The monoisotopic (exact) mass is 353 g/mol. The van der Waals surface area contributed by atoms with Crippen LogP contribution >= 0.6 is 0 Å². The molecule has 0 saturated carbocycles. The maximum absolute atomic E-state index is 12.6. The molecule has 1 saturated heterocycles. The number of carbonyl (C=O) groups is 1. The molecule has 0 aliphatic carbocycles. The molecular formula is C20H27N5O. The second-order valence-corrected chi connectivity index (χ2v) is 6.78. The topological polar surface area (TPSA) is 54.3 Å². The first-order valence-electron chi connectivity index (χ1n) is 9.24. The molecule has 138 valence electrons. The molecule has 0 spiro atoms. The van der Waals surface area contributed by atoms with Crippen LogP contribution in [-0.4, -0.2) is 56.1 Å². The van der Waals surface area contributed by atoms with Crippen LogP contribution in [0.1, 0.15) is 30.9 Å². The normalized spacial score (nSPS) is 18.0. The molecule has 3 rings (SSSR count). The van der Waals surface area contributed by atoms with Crippen molar-refractivity contribution < 1.29 is 4.79 Å². The number of piperidine rings is 1. The molecule has 0 aromatic carbocycles. The average Bonchev–Trinajstić information content (AvgIpc) is 3.10. The molecule has 1 unspecified atom stereocenters. The molecular weight excluding hydrogens is 326 g/mol. The minimum Gasteiger partial charge on any atom is -0.338 e. The van der Waals surface area contributed by atoms with Crippen LogP contribution < -0.4 is 0 Å². The summed E-state index contributed by atoms with van der Waals surface area (Å²) >= 11 is 0. The fourth-order valence-electron chi connectivity index (χ4n) is 3.47. The Kier molecular flexibility index (Phi) is 6.17. The zero-order valence-corrected chi connectivity index (χ0v) is 15.6. The summed E-state index contributed by atoms with van der Waals surface area (Å²) in [4.78, 5) is 21.1. The Hall–Kier alpha value is -2.47. The van der Waals surface area contributed by atoms with E-state index in [2.05, 4.69) is 34.0 Å². The lowest BCUT2D eigenvalue weighted by Crippen LogP contribution is -2.49. The van der Waals surface area contributed by atoms with E-state index in [1.165, 1.54) is 5.56 Å². The van der Waals surface area contributed by atoms with E-state index in [0.29, 0.717) is 6.04 Å². The summed E-state index contributed by atoms with van der Waals surface area (Å²) in [5.74, 6) is 0.0820. The summed E-state index contributed by atoms with van der Waals surface area (Å²) in [6.07, 6.45) is 13.0. The number of hydrogen-bond acceptors (Lipinski definition) is 4. The second kappa shape index (κ2) is 8.76. The number of hydrogen-bond donors (Lipinski definition) is 0. The molecule has 2 aromatic heterocycles. The van der Waals surface area contributed by atoms with Gasteiger partial charge in [0.1, 0.15) is 0 Å². The fourth-order valence-corrected chi connectivity index (χ4v) is 3.47. The van der Waals surface area contributed by atoms with Crippen molar-refractivity contribution in [1.29, 1.82) is 0 Å².